The summed E-state index contributed by atoms with van der Waals surface area (Å²) in [7, 11) is 0. The number of para-hydroxylation sites is 2. The Morgan fingerprint density at radius 2 is 2.08 bits per heavy atom. The summed E-state index contributed by atoms with van der Waals surface area (Å²) in [6, 6.07) is 8.70. The summed E-state index contributed by atoms with van der Waals surface area (Å²) in [6.07, 6.45) is 1.28. The lowest BCUT2D eigenvalue weighted by molar-refractivity contribution is -0.383. The number of benzene rings is 1. The first-order valence-electron chi connectivity index (χ1n) is 8.17. The van der Waals surface area contributed by atoms with Gasteiger partial charge in [-0.3, -0.25) is 14.9 Å². The molecule has 0 radical (unpaired) electrons. The van der Waals surface area contributed by atoms with E-state index < -0.39 is 17.0 Å². The van der Waals surface area contributed by atoms with Crippen LogP contribution in [0, 0.1) is 10.1 Å². The Hall–Kier alpha value is -2.94. The van der Waals surface area contributed by atoms with E-state index in [1.165, 1.54) is 23.1 Å². The van der Waals surface area contributed by atoms with E-state index in [4.69, 9.17) is 0 Å². The van der Waals surface area contributed by atoms with Gasteiger partial charge in [0, 0.05) is 17.5 Å². The average molecular weight is 374 g/mol. The van der Waals surface area contributed by atoms with Crippen molar-refractivity contribution in [1.29, 1.82) is 0 Å². The normalized spacial score (nSPS) is 16.3. The number of nitrogens with one attached hydrogen (secondary N) is 2. The van der Waals surface area contributed by atoms with Crippen molar-refractivity contribution in [2.75, 3.05) is 11.9 Å². The van der Waals surface area contributed by atoms with Crippen LogP contribution in [0.25, 0.3) is 0 Å². The smallest absolute Gasteiger partial charge is 0.322 e. The van der Waals surface area contributed by atoms with E-state index in [9.17, 15) is 19.7 Å². The number of urea groups is 1. The van der Waals surface area contributed by atoms with Crippen LogP contribution in [-0.2, 0) is 11.3 Å². The van der Waals surface area contributed by atoms with Crippen LogP contribution in [0.15, 0.2) is 41.8 Å². The molecule has 9 heteroatoms. The Morgan fingerprint density at radius 1 is 1.27 bits per heavy atom. The molecule has 2 heterocycles. The van der Waals surface area contributed by atoms with Crippen LogP contribution in [-0.4, -0.2) is 34.3 Å². The van der Waals surface area contributed by atoms with Crippen molar-refractivity contribution < 1.29 is 14.5 Å². The molecule has 1 aliphatic rings. The Kier molecular flexibility index (Phi) is 5.47. The van der Waals surface area contributed by atoms with E-state index in [1.807, 2.05) is 17.5 Å². The highest BCUT2D eigenvalue weighted by molar-refractivity contribution is 7.09. The minimum absolute atomic E-state index is 0.118. The Morgan fingerprint density at radius 3 is 2.81 bits per heavy atom. The lowest BCUT2D eigenvalue weighted by Crippen LogP contribution is -2.47. The van der Waals surface area contributed by atoms with Crippen LogP contribution in [0.1, 0.15) is 17.7 Å². The maximum atomic E-state index is 12.6. The van der Waals surface area contributed by atoms with E-state index in [0.29, 0.717) is 25.9 Å². The molecule has 0 spiro atoms. The van der Waals surface area contributed by atoms with Gasteiger partial charge in [-0.25, -0.2) is 4.79 Å². The summed E-state index contributed by atoms with van der Waals surface area (Å²) in [6.45, 7) is 0.857. The molecule has 2 N–H and O–H groups in total. The molecule has 0 bridgehead atoms. The molecule has 1 fully saturated rings. The molecular formula is C17H18N4O4S. The minimum atomic E-state index is -0.572. The van der Waals surface area contributed by atoms with E-state index in [-0.39, 0.29) is 17.3 Å². The third-order valence-electron chi connectivity index (χ3n) is 4.18. The van der Waals surface area contributed by atoms with Gasteiger partial charge in [0.2, 0.25) is 5.91 Å². The fourth-order valence-corrected chi connectivity index (χ4v) is 3.56. The van der Waals surface area contributed by atoms with Crippen LogP contribution in [0.2, 0.25) is 0 Å². The second-order valence-electron chi connectivity index (χ2n) is 5.85. The number of amides is 3. The zero-order valence-electron chi connectivity index (χ0n) is 13.9. The topological polar surface area (TPSA) is 105 Å². The molecule has 26 heavy (non-hydrogen) atoms. The lowest BCUT2D eigenvalue weighted by Gasteiger charge is -2.24. The maximum absolute atomic E-state index is 12.6. The van der Waals surface area contributed by atoms with E-state index >= 15 is 0 Å². The van der Waals surface area contributed by atoms with Gasteiger partial charge in [-0.05, 0) is 30.4 Å². The Labute approximate surface area is 154 Å². The summed E-state index contributed by atoms with van der Waals surface area (Å²) >= 11 is 1.55. The first kappa shape index (κ1) is 17.9. The van der Waals surface area contributed by atoms with Crippen molar-refractivity contribution in [3.63, 3.8) is 0 Å². The van der Waals surface area contributed by atoms with Gasteiger partial charge < -0.3 is 15.5 Å². The van der Waals surface area contributed by atoms with Crippen LogP contribution >= 0.6 is 11.3 Å². The quantitative estimate of drug-likeness (QED) is 0.620. The van der Waals surface area contributed by atoms with Crippen molar-refractivity contribution in [2.45, 2.75) is 25.4 Å². The molecule has 1 saturated heterocycles. The molecular weight excluding hydrogens is 356 g/mol. The summed E-state index contributed by atoms with van der Waals surface area (Å²) in [5.41, 5.74) is -0.0640. The highest BCUT2D eigenvalue weighted by atomic mass is 32.1. The molecule has 0 aliphatic carbocycles. The Balaban J connectivity index is 1.65. The number of thiophene rings is 1. The van der Waals surface area contributed by atoms with Gasteiger partial charge in [-0.15, -0.1) is 11.3 Å². The van der Waals surface area contributed by atoms with Crippen molar-refractivity contribution in [1.82, 2.24) is 10.2 Å². The molecule has 0 saturated carbocycles. The largest absolute Gasteiger partial charge is 0.349 e. The molecule has 2 aromatic rings. The number of nitro groups is 1. The van der Waals surface area contributed by atoms with Gasteiger partial charge in [0.1, 0.15) is 11.7 Å². The fourth-order valence-electron chi connectivity index (χ4n) is 2.91. The predicted molar refractivity (Wildman–Crippen MR) is 98.0 cm³/mol. The number of carbonyl (C=O) groups excluding carboxylic acids is 2. The molecule has 136 valence electrons. The van der Waals surface area contributed by atoms with Gasteiger partial charge in [-0.1, -0.05) is 18.2 Å². The first-order valence-corrected chi connectivity index (χ1v) is 9.05. The molecule has 1 aliphatic heterocycles. The molecule has 1 aromatic carbocycles. The number of likely N-dealkylation sites (tertiary alicyclic amines) is 1. The molecule has 3 rings (SSSR count). The molecule has 8 nitrogen and oxygen atoms in total. The van der Waals surface area contributed by atoms with Crippen LogP contribution in [0.5, 0.6) is 0 Å². The van der Waals surface area contributed by atoms with Gasteiger partial charge in [0.15, 0.2) is 0 Å². The van der Waals surface area contributed by atoms with E-state index in [1.54, 1.807) is 17.4 Å². The van der Waals surface area contributed by atoms with Crippen molar-refractivity contribution >= 4 is 34.6 Å². The highest BCUT2D eigenvalue weighted by Crippen LogP contribution is 2.25. The number of hydrogen-bond acceptors (Lipinski definition) is 5. The second-order valence-corrected chi connectivity index (χ2v) is 6.89. The third kappa shape index (κ3) is 3.99. The Bertz CT molecular complexity index is 809. The highest BCUT2D eigenvalue weighted by Gasteiger charge is 2.34. The minimum Gasteiger partial charge on any atom is -0.349 e. The zero-order valence-corrected chi connectivity index (χ0v) is 14.7. The van der Waals surface area contributed by atoms with Gasteiger partial charge in [-0.2, -0.15) is 0 Å². The summed E-state index contributed by atoms with van der Waals surface area (Å²) in [5.74, 6) is -0.214. The van der Waals surface area contributed by atoms with Gasteiger partial charge >= 0.3 is 6.03 Å². The van der Waals surface area contributed by atoms with Crippen molar-refractivity contribution in [3.8, 4) is 0 Å². The average Bonchev–Trinajstić information content (AvgIpc) is 3.31. The van der Waals surface area contributed by atoms with Crippen molar-refractivity contribution in [2.24, 2.45) is 0 Å². The van der Waals surface area contributed by atoms with Crippen LogP contribution in [0.4, 0.5) is 16.2 Å². The number of nitro benzene ring substituents is 1. The third-order valence-corrected chi connectivity index (χ3v) is 5.05. The van der Waals surface area contributed by atoms with Crippen LogP contribution in [0.3, 0.4) is 0 Å². The number of carbonyl (C=O) groups is 2. The number of anilines is 1. The predicted octanol–water partition coefficient (Wildman–Crippen LogP) is 2.97. The molecule has 0 unspecified atom stereocenters. The maximum Gasteiger partial charge on any atom is 0.322 e. The zero-order chi connectivity index (χ0) is 18.5. The fraction of sp³-hybridized carbons (Fsp3) is 0.294. The van der Waals surface area contributed by atoms with E-state index in [0.717, 1.165) is 4.88 Å². The first-order chi connectivity index (χ1) is 12.6. The molecule has 1 atom stereocenters. The monoisotopic (exact) mass is 374 g/mol. The molecule has 1 aromatic heterocycles. The number of nitrogens with zero attached hydrogens (tertiary/aromatic N) is 2. The van der Waals surface area contributed by atoms with Gasteiger partial charge in [0.25, 0.3) is 5.69 Å². The van der Waals surface area contributed by atoms with Crippen LogP contribution < -0.4 is 10.6 Å². The summed E-state index contributed by atoms with van der Waals surface area (Å²) in [4.78, 5) is 38.0. The van der Waals surface area contributed by atoms with Gasteiger partial charge in [0.05, 0.1) is 11.5 Å². The lowest BCUT2D eigenvalue weighted by atomic mass is 10.2. The number of hydrogen-bond donors (Lipinski definition) is 2. The van der Waals surface area contributed by atoms with Crippen molar-refractivity contribution in [3.05, 3.63) is 56.8 Å². The second kappa shape index (κ2) is 7.96. The number of rotatable bonds is 5. The van der Waals surface area contributed by atoms with E-state index in [2.05, 4.69) is 10.6 Å². The summed E-state index contributed by atoms with van der Waals surface area (Å²) in [5, 5.41) is 18.4. The SMILES string of the molecule is O=C(NCc1cccs1)[C@H]1CCCN1C(=O)Nc1ccccc1[N+](=O)[O-]. The molecule has 3 amide bonds. The standard InChI is InChI=1S/C17H18N4O4S/c22-16(18-11-12-5-4-10-26-12)15-8-3-9-20(15)17(23)19-13-6-1-2-7-14(13)21(24)25/h1-2,4-7,10,15H,3,8-9,11H2,(H,18,22)(H,19,23)/t15-/m1/s1. The summed E-state index contributed by atoms with van der Waals surface area (Å²) < 4.78 is 0.